The molecule has 0 spiro atoms. The number of aliphatic hydroxyl groups excluding tert-OH is 5. The van der Waals surface area contributed by atoms with E-state index < -0.39 is 80.4 Å². The van der Waals surface area contributed by atoms with Gasteiger partial charge >= 0.3 is 5.97 Å². The molecule has 1 unspecified atom stereocenters. The number of methoxy groups -OCH3 is 1. The van der Waals surface area contributed by atoms with Crippen LogP contribution in [0.1, 0.15) is 25.8 Å². The molecule has 216 valence electrons. The van der Waals surface area contributed by atoms with Gasteiger partial charge in [0.2, 0.25) is 6.29 Å². The van der Waals surface area contributed by atoms with Crippen molar-refractivity contribution in [3.63, 3.8) is 0 Å². The summed E-state index contributed by atoms with van der Waals surface area (Å²) in [4.78, 5) is 12.0. The normalized spacial score (nSPS) is 34.1. The van der Waals surface area contributed by atoms with Crippen LogP contribution in [0, 0.1) is 5.92 Å². The van der Waals surface area contributed by atoms with Crippen LogP contribution in [0.15, 0.2) is 18.2 Å². The Hall–Kier alpha value is -2.07. The van der Waals surface area contributed by atoms with Gasteiger partial charge in [0.15, 0.2) is 29.5 Å². The van der Waals surface area contributed by atoms with E-state index in [9.17, 15) is 35.4 Å². The number of ether oxygens (including phenoxy) is 6. The van der Waals surface area contributed by atoms with Crippen molar-refractivity contribution in [2.45, 2.75) is 75.4 Å². The van der Waals surface area contributed by atoms with E-state index in [1.807, 2.05) is 6.92 Å². The second-order valence-electron chi connectivity index (χ2n) is 9.53. The summed E-state index contributed by atoms with van der Waals surface area (Å²) in [7, 11) is 1.41. The molecule has 0 amide bonds. The quantitative estimate of drug-likeness (QED) is 0.166. The van der Waals surface area contributed by atoms with Crippen LogP contribution < -0.4 is 9.47 Å². The summed E-state index contributed by atoms with van der Waals surface area (Å²) in [6.07, 6.45) is -9.62. The molecule has 0 bridgehead atoms. The standard InChI is InChI=1S/C25H38O13/c1-4-13(2)22(31)34-11-25(32)12-35-24(21(25)30)38-20-19(29)18(28)17(10-27)37-23(20)36-15-6-5-14(7-8-26)9-16(15)33-3/h5-6,9,13,17-21,23-24,26-30,32H,4,7-8,10-12H2,1-3H3/t13?,17-,18-,19+,20-,21+,23-,24+,25-/m1/s1. The number of carbonyl (C=O) groups is 1. The van der Waals surface area contributed by atoms with Crippen LogP contribution in [-0.4, -0.2) is 119 Å². The zero-order valence-electron chi connectivity index (χ0n) is 21.6. The van der Waals surface area contributed by atoms with Gasteiger partial charge < -0.3 is 59.1 Å². The van der Waals surface area contributed by atoms with Gasteiger partial charge in [-0.05, 0) is 30.5 Å². The highest BCUT2D eigenvalue weighted by atomic mass is 16.8. The number of rotatable bonds is 12. The molecule has 6 N–H and O–H groups in total. The van der Waals surface area contributed by atoms with Crippen molar-refractivity contribution in [2.75, 3.05) is 33.5 Å². The molecule has 2 saturated heterocycles. The molecular formula is C25H38O13. The molecule has 2 heterocycles. The lowest BCUT2D eigenvalue weighted by Crippen LogP contribution is -2.62. The molecule has 38 heavy (non-hydrogen) atoms. The topological polar surface area (TPSA) is 194 Å². The Labute approximate surface area is 220 Å². The lowest BCUT2D eigenvalue weighted by molar-refractivity contribution is -0.319. The lowest BCUT2D eigenvalue weighted by atomic mass is 9.98. The van der Waals surface area contributed by atoms with Gasteiger partial charge in [-0.15, -0.1) is 0 Å². The molecule has 0 aliphatic carbocycles. The van der Waals surface area contributed by atoms with Crippen molar-refractivity contribution >= 4 is 5.97 Å². The maximum absolute atomic E-state index is 12.0. The predicted octanol–water partition coefficient (Wildman–Crippen LogP) is -1.53. The molecule has 1 aromatic rings. The average Bonchev–Trinajstić information content (AvgIpc) is 3.20. The minimum atomic E-state index is -1.98. The third-order valence-corrected chi connectivity index (χ3v) is 6.77. The van der Waals surface area contributed by atoms with Crippen LogP contribution >= 0.6 is 0 Å². The van der Waals surface area contributed by atoms with Gasteiger partial charge in [0.1, 0.15) is 31.0 Å². The van der Waals surface area contributed by atoms with Crippen molar-refractivity contribution < 1.29 is 63.9 Å². The molecule has 2 aliphatic rings. The summed E-state index contributed by atoms with van der Waals surface area (Å²) in [5.74, 6) is -0.476. The van der Waals surface area contributed by atoms with Gasteiger partial charge in [0.25, 0.3) is 0 Å². The molecule has 13 nitrogen and oxygen atoms in total. The Morgan fingerprint density at radius 2 is 1.89 bits per heavy atom. The number of aliphatic hydroxyl groups is 6. The van der Waals surface area contributed by atoms with E-state index in [1.165, 1.54) is 7.11 Å². The lowest BCUT2D eigenvalue weighted by Gasteiger charge is -2.42. The molecule has 3 rings (SSSR count). The van der Waals surface area contributed by atoms with E-state index in [0.29, 0.717) is 12.8 Å². The molecule has 1 aromatic carbocycles. The monoisotopic (exact) mass is 546 g/mol. The smallest absolute Gasteiger partial charge is 0.308 e. The Morgan fingerprint density at radius 3 is 2.53 bits per heavy atom. The average molecular weight is 547 g/mol. The third-order valence-electron chi connectivity index (χ3n) is 6.77. The van der Waals surface area contributed by atoms with E-state index in [2.05, 4.69) is 0 Å². The fourth-order valence-electron chi connectivity index (χ4n) is 4.07. The first kappa shape index (κ1) is 30.5. The maximum atomic E-state index is 12.0. The molecule has 2 aliphatic heterocycles. The van der Waals surface area contributed by atoms with Crippen LogP contribution in [0.3, 0.4) is 0 Å². The number of esters is 1. The summed E-state index contributed by atoms with van der Waals surface area (Å²) < 4.78 is 33.2. The van der Waals surface area contributed by atoms with Crippen LogP contribution in [0.2, 0.25) is 0 Å². The number of carbonyl (C=O) groups excluding carboxylic acids is 1. The van der Waals surface area contributed by atoms with Crippen LogP contribution in [0.5, 0.6) is 11.5 Å². The second kappa shape index (κ2) is 13.3. The second-order valence-corrected chi connectivity index (χ2v) is 9.53. The Bertz CT molecular complexity index is 913. The summed E-state index contributed by atoms with van der Waals surface area (Å²) in [5.41, 5.74) is -1.21. The van der Waals surface area contributed by atoms with Gasteiger partial charge in [0, 0.05) is 6.61 Å². The fraction of sp³-hybridized carbons (Fsp3) is 0.720. The third kappa shape index (κ3) is 6.73. The van der Waals surface area contributed by atoms with Gasteiger partial charge in [-0.1, -0.05) is 19.9 Å². The Kier molecular flexibility index (Phi) is 10.7. The van der Waals surface area contributed by atoms with E-state index >= 15 is 0 Å². The minimum absolute atomic E-state index is 0.0693. The van der Waals surface area contributed by atoms with Gasteiger partial charge in [-0.2, -0.15) is 0 Å². The predicted molar refractivity (Wildman–Crippen MR) is 128 cm³/mol. The van der Waals surface area contributed by atoms with Crippen LogP contribution in [0.4, 0.5) is 0 Å². The molecular weight excluding hydrogens is 508 g/mol. The highest BCUT2D eigenvalue weighted by Crippen LogP contribution is 2.35. The van der Waals surface area contributed by atoms with Crippen LogP contribution in [0.25, 0.3) is 0 Å². The zero-order chi connectivity index (χ0) is 28.0. The Balaban J connectivity index is 1.77. The first-order valence-corrected chi connectivity index (χ1v) is 12.5. The van der Waals surface area contributed by atoms with E-state index in [0.717, 1.165) is 5.56 Å². The Morgan fingerprint density at radius 1 is 1.16 bits per heavy atom. The van der Waals surface area contributed by atoms with E-state index in [-0.39, 0.29) is 18.1 Å². The first-order chi connectivity index (χ1) is 18.1. The van der Waals surface area contributed by atoms with E-state index in [1.54, 1.807) is 25.1 Å². The number of hydrogen-bond acceptors (Lipinski definition) is 13. The molecule has 9 atom stereocenters. The van der Waals surface area contributed by atoms with Crippen molar-refractivity contribution in [3.8, 4) is 11.5 Å². The summed E-state index contributed by atoms with van der Waals surface area (Å²) in [5, 5.41) is 61.6. The van der Waals surface area contributed by atoms with Crippen LogP contribution in [-0.2, 0) is 30.2 Å². The van der Waals surface area contributed by atoms with Gasteiger partial charge in [-0.25, -0.2) is 0 Å². The highest BCUT2D eigenvalue weighted by molar-refractivity contribution is 5.71. The minimum Gasteiger partial charge on any atom is -0.493 e. The van der Waals surface area contributed by atoms with Gasteiger partial charge in [0.05, 0.1) is 26.2 Å². The molecule has 0 aromatic heterocycles. The molecule has 0 saturated carbocycles. The van der Waals surface area contributed by atoms with E-state index in [4.69, 9.17) is 28.4 Å². The molecule has 0 radical (unpaired) electrons. The molecule has 13 heteroatoms. The van der Waals surface area contributed by atoms with Crippen molar-refractivity contribution in [1.29, 1.82) is 0 Å². The summed E-state index contributed by atoms with van der Waals surface area (Å²) >= 11 is 0. The zero-order valence-corrected chi connectivity index (χ0v) is 21.6. The molecule has 2 fully saturated rings. The number of hydrogen-bond donors (Lipinski definition) is 6. The fourth-order valence-corrected chi connectivity index (χ4v) is 4.07. The summed E-state index contributed by atoms with van der Waals surface area (Å²) in [6.45, 7) is 1.78. The van der Waals surface area contributed by atoms with Crippen molar-refractivity contribution in [2.24, 2.45) is 5.92 Å². The number of benzene rings is 1. The van der Waals surface area contributed by atoms with Gasteiger partial charge in [-0.3, -0.25) is 4.79 Å². The maximum Gasteiger partial charge on any atom is 0.308 e. The SMILES string of the molecule is CCC(C)C(=O)OC[C@@]1(O)CO[C@@H](O[C@H]2[C@H](Oc3ccc(CCO)cc3OC)O[C@H](CO)[C@@H](O)[C@@H]2O)[C@@H]1O. The largest absolute Gasteiger partial charge is 0.493 e. The highest BCUT2D eigenvalue weighted by Gasteiger charge is 2.54. The van der Waals surface area contributed by atoms with Crippen molar-refractivity contribution in [1.82, 2.24) is 0 Å². The first-order valence-electron chi connectivity index (χ1n) is 12.5. The summed E-state index contributed by atoms with van der Waals surface area (Å²) in [6, 6.07) is 4.89. The van der Waals surface area contributed by atoms with Crippen molar-refractivity contribution in [3.05, 3.63) is 23.8 Å².